The Kier molecular flexibility index (Phi) is 5.89. The first kappa shape index (κ1) is 17.7. The molecule has 2 heterocycles. The molecule has 0 amide bonds. The van der Waals surface area contributed by atoms with E-state index >= 15 is 0 Å². The first-order valence-corrected chi connectivity index (χ1v) is 8.82. The van der Waals surface area contributed by atoms with Gasteiger partial charge in [-0.2, -0.15) is 5.10 Å². The Labute approximate surface area is 149 Å². The van der Waals surface area contributed by atoms with E-state index in [1.807, 2.05) is 23.0 Å². The number of aromatic nitrogens is 2. The number of hydrogen-bond acceptors (Lipinski definition) is 4. The standard InChI is InChI=1S/C20H27N3O2/c1-4-23-16(2)18(12-21-23)14-22(15-20-6-5-11-25-20)13-17-7-9-19(24-3)10-8-17/h4,7-10,12,20H,1,5-6,11,13-15H2,2-3H3. The van der Waals surface area contributed by atoms with Gasteiger partial charge >= 0.3 is 0 Å². The summed E-state index contributed by atoms with van der Waals surface area (Å²) in [5.74, 6) is 0.887. The molecule has 1 aromatic carbocycles. The fourth-order valence-corrected chi connectivity index (χ4v) is 3.29. The molecule has 1 aliphatic heterocycles. The van der Waals surface area contributed by atoms with Crippen LogP contribution in [0.1, 0.15) is 29.7 Å². The lowest BCUT2D eigenvalue weighted by Crippen LogP contribution is -2.31. The minimum absolute atomic E-state index is 0.327. The highest BCUT2D eigenvalue weighted by Crippen LogP contribution is 2.20. The number of benzene rings is 1. The molecule has 0 spiro atoms. The van der Waals surface area contributed by atoms with Crippen LogP contribution in [-0.2, 0) is 17.8 Å². The van der Waals surface area contributed by atoms with Crippen molar-refractivity contribution in [2.24, 2.45) is 0 Å². The van der Waals surface area contributed by atoms with E-state index in [0.29, 0.717) is 6.10 Å². The molecule has 0 radical (unpaired) electrons. The van der Waals surface area contributed by atoms with Crippen LogP contribution in [0.2, 0.25) is 0 Å². The van der Waals surface area contributed by atoms with Crippen molar-refractivity contribution in [1.29, 1.82) is 0 Å². The largest absolute Gasteiger partial charge is 0.497 e. The highest BCUT2D eigenvalue weighted by atomic mass is 16.5. The Morgan fingerprint density at radius 2 is 2.16 bits per heavy atom. The molecule has 0 aliphatic carbocycles. The Morgan fingerprint density at radius 3 is 2.76 bits per heavy atom. The third-order valence-electron chi connectivity index (χ3n) is 4.76. The van der Waals surface area contributed by atoms with Gasteiger partial charge in [0.15, 0.2) is 0 Å². The average molecular weight is 341 g/mol. The Morgan fingerprint density at radius 1 is 1.36 bits per heavy atom. The molecule has 1 aromatic heterocycles. The number of methoxy groups -OCH3 is 1. The van der Waals surface area contributed by atoms with E-state index in [0.717, 1.165) is 50.5 Å². The molecule has 0 bridgehead atoms. The Balaban J connectivity index is 1.73. The maximum Gasteiger partial charge on any atom is 0.118 e. The van der Waals surface area contributed by atoms with Crippen molar-refractivity contribution in [3.63, 3.8) is 0 Å². The van der Waals surface area contributed by atoms with Crippen molar-refractivity contribution < 1.29 is 9.47 Å². The summed E-state index contributed by atoms with van der Waals surface area (Å²) < 4.78 is 12.9. The minimum Gasteiger partial charge on any atom is -0.497 e. The van der Waals surface area contributed by atoms with Gasteiger partial charge in [-0.15, -0.1) is 0 Å². The summed E-state index contributed by atoms with van der Waals surface area (Å²) in [7, 11) is 1.69. The Hall–Kier alpha value is -2.11. The van der Waals surface area contributed by atoms with Gasteiger partial charge in [0.1, 0.15) is 5.75 Å². The van der Waals surface area contributed by atoms with Crippen LogP contribution < -0.4 is 4.74 Å². The average Bonchev–Trinajstić information content (AvgIpc) is 3.26. The van der Waals surface area contributed by atoms with Crippen LogP contribution in [0.25, 0.3) is 6.20 Å². The zero-order valence-electron chi connectivity index (χ0n) is 15.1. The number of ether oxygens (including phenoxy) is 2. The summed E-state index contributed by atoms with van der Waals surface area (Å²) >= 11 is 0. The van der Waals surface area contributed by atoms with Crippen LogP contribution in [0.5, 0.6) is 5.75 Å². The van der Waals surface area contributed by atoms with E-state index in [-0.39, 0.29) is 0 Å². The fourth-order valence-electron chi connectivity index (χ4n) is 3.29. The summed E-state index contributed by atoms with van der Waals surface area (Å²) in [6, 6.07) is 8.28. The zero-order chi connectivity index (χ0) is 17.6. The quantitative estimate of drug-likeness (QED) is 0.737. The van der Waals surface area contributed by atoms with E-state index in [4.69, 9.17) is 9.47 Å². The third kappa shape index (κ3) is 4.50. The van der Waals surface area contributed by atoms with Crippen molar-refractivity contribution in [2.45, 2.75) is 39.0 Å². The fraction of sp³-hybridized carbons (Fsp3) is 0.450. The molecule has 3 rings (SSSR count). The molecule has 5 heteroatoms. The second-order valence-electron chi connectivity index (χ2n) is 6.54. The van der Waals surface area contributed by atoms with Crippen molar-refractivity contribution in [2.75, 3.05) is 20.3 Å². The maximum absolute atomic E-state index is 5.85. The predicted octanol–water partition coefficient (Wildman–Crippen LogP) is 3.48. The molecule has 1 fully saturated rings. The van der Waals surface area contributed by atoms with Gasteiger partial charge < -0.3 is 9.47 Å². The van der Waals surface area contributed by atoms with Crippen LogP contribution in [0.15, 0.2) is 37.0 Å². The predicted molar refractivity (Wildman–Crippen MR) is 99.4 cm³/mol. The maximum atomic E-state index is 5.85. The van der Waals surface area contributed by atoms with E-state index < -0.39 is 0 Å². The van der Waals surface area contributed by atoms with Gasteiger partial charge in [-0.05, 0) is 37.5 Å². The third-order valence-corrected chi connectivity index (χ3v) is 4.76. The number of rotatable bonds is 8. The first-order valence-electron chi connectivity index (χ1n) is 8.82. The van der Waals surface area contributed by atoms with Crippen LogP contribution in [-0.4, -0.2) is 41.0 Å². The lowest BCUT2D eigenvalue weighted by molar-refractivity contribution is 0.0678. The Bertz CT molecular complexity index is 687. The highest BCUT2D eigenvalue weighted by molar-refractivity contribution is 5.28. The monoisotopic (exact) mass is 341 g/mol. The molecule has 1 atom stereocenters. The van der Waals surface area contributed by atoms with Crippen molar-refractivity contribution in [1.82, 2.24) is 14.7 Å². The van der Waals surface area contributed by atoms with Crippen molar-refractivity contribution in [3.05, 3.63) is 53.9 Å². The topological polar surface area (TPSA) is 39.5 Å². The van der Waals surface area contributed by atoms with Gasteiger partial charge in [-0.25, -0.2) is 4.68 Å². The van der Waals surface area contributed by atoms with Gasteiger partial charge in [0, 0.05) is 43.7 Å². The van der Waals surface area contributed by atoms with Gasteiger partial charge in [0.2, 0.25) is 0 Å². The first-order chi connectivity index (χ1) is 12.2. The van der Waals surface area contributed by atoms with Crippen molar-refractivity contribution in [3.8, 4) is 5.75 Å². The van der Waals surface area contributed by atoms with Gasteiger partial charge in [-0.3, -0.25) is 4.90 Å². The lowest BCUT2D eigenvalue weighted by Gasteiger charge is -2.25. The molecule has 1 aliphatic rings. The minimum atomic E-state index is 0.327. The van der Waals surface area contributed by atoms with Crippen LogP contribution in [0.4, 0.5) is 0 Å². The highest BCUT2D eigenvalue weighted by Gasteiger charge is 2.20. The summed E-state index contributed by atoms with van der Waals surface area (Å²) in [5, 5.41) is 4.37. The molecule has 5 nitrogen and oxygen atoms in total. The van der Waals surface area contributed by atoms with Crippen molar-refractivity contribution >= 4 is 6.20 Å². The van der Waals surface area contributed by atoms with Gasteiger partial charge in [-0.1, -0.05) is 18.7 Å². The molecular weight excluding hydrogens is 314 g/mol. The molecule has 25 heavy (non-hydrogen) atoms. The molecular formula is C20H27N3O2. The smallest absolute Gasteiger partial charge is 0.118 e. The van der Waals surface area contributed by atoms with Gasteiger partial charge in [0.05, 0.1) is 19.4 Å². The van der Waals surface area contributed by atoms with Crippen LogP contribution in [0, 0.1) is 6.92 Å². The summed E-state index contributed by atoms with van der Waals surface area (Å²) in [6.07, 6.45) is 6.31. The number of nitrogens with zero attached hydrogens (tertiary/aromatic N) is 3. The molecule has 0 N–H and O–H groups in total. The summed E-state index contributed by atoms with van der Waals surface area (Å²) in [4.78, 5) is 2.44. The summed E-state index contributed by atoms with van der Waals surface area (Å²) in [5.41, 5.74) is 3.64. The lowest BCUT2D eigenvalue weighted by atomic mass is 10.1. The van der Waals surface area contributed by atoms with Gasteiger partial charge in [0.25, 0.3) is 0 Å². The summed E-state index contributed by atoms with van der Waals surface area (Å²) in [6.45, 7) is 9.44. The van der Waals surface area contributed by atoms with Crippen LogP contribution >= 0.6 is 0 Å². The molecule has 2 aromatic rings. The van der Waals surface area contributed by atoms with E-state index in [1.54, 1.807) is 13.3 Å². The van der Waals surface area contributed by atoms with Crippen LogP contribution in [0.3, 0.4) is 0 Å². The van der Waals surface area contributed by atoms with E-state index in [2.05, 4.69) is 35.6 Å². The van der Waals surface area contributed by atoms with E-state index in [1.165, 1.54) is 11.1 Å². The normalized spacial score (nSPS) is 17.2. The molecule has 1 unspecified atom stereocenters. The molecule has 134 valence electrons. The molecule has 0 saturated carbocycles. The number of hydrogen-bond donors (Lipinski definition) is 0. The zero-order valence-corrected chi connectivity index (χ0v) is 15.1. The molecule has 1 saturated heterocycles. The van der Waals surface area contributed by atoms with E-state index in [9.17, 15) is 0 Å². The second-order valence-corrected chi connectivity index (χ2v) is 6.54. The SMILES string of the molecule is C=Cn1ncc(CN(Cc2ccc(OC)cc2)CC2CCCO2)c1C. The second kappa shape index (κ2) is 8.32.